The average Bonchev–Trinajstić information content (AvgIpc) is 3.05. The molecule has 3 aromatic rings. The highest BCUT2D eigenvalue weighted by Gasteiger charge is 2.14. The minimum atomic E-state index is -0.271. The second kappa shape index (κ2) is 6.60. The van der Waals surface area contributed by atoms with Gasteiger partial charge >= 0.3 is 0 Å². The van der Waals surface area contributed by atoms with E-state index in [9.17, 15) is 9.59 Å². The van der Waals surface area contributed by atoms with Gasteiger partial charge in [0, 0.05) is 15.6 Å². The van der Waals surface area contributed by atoms with Gasteiger partial charge in [0.05, 0.1) is 22.5 Å². The molecule has 0 unspecified atom stereocenters. The van der Waals surface area contributed by atoms with Gasteiger partial charge in [0.2, 0.25) is 0 Å². The second-order valence-electron chi connectivity index (χ2n) is 5.06. The molecule has 0 aliphatic rings. The summed E-state index contributed by atoms with van der Waals surface area (Å²) in [5.41, 5.74) is 2.03. The van der Waals surface area contributed by atoms with E-state index in [4.69, 9.17) is 0 Å². The zero-order chi connectivity index (χ0) is 16.4. The molecular formula is C17H13BrN2O2S. The Kier molecular flexibility index (Phi) is 4.54. The van der Waals surface area contributed by atoms with Crippen LogP contribution >= 0.6 is 27.3 Å². The number of fused-ring (bicyclic) bond motifs is 1. The number of carbonyl (C=O) groups is 2. The number of hydrogen-bond acceptors (Lipinski definition) is 4. The van der Waals surface area contributed by atoms with Gasteiger partial charge in [-0.15, -0.1) is 11.3 Å². The Hall–Kier alpha value is -2.05. The third kappa shape index (κ3) is 3.48. The van der Waals surface area contributed by atoms with Crippen LogP contribution in [0.1, 0.15) is 25.7 Å². The van der Waals surface area contributed by atoms with Crippen LogP contribution in [-0.4, -0.2) is 23.2 Å². The molecule has 23 heavy (non-hydrogen) atoms. The fourth-order valence-electron chi connectivity index (χ4n) is 2.30. The fraction of sp³-hybridized carbons (Fsp3) is 0.118. The first-order valence-corrected chi connectivity index (χ1v) is 8.63. The largest absolute Gasteiger partial charge is 0.345 e. The monoisotopic (exact) mass is 388 g/mol. The van der Waals surface area contributed by atoms with Gasteiger partial charge in [0.15, 0.2) is 5.78 Å². The van der Waals surface area contributed by atoms with Crippen LogP contribution in [0.25, 0.3) is 10.9 Å². The zero-order valence-electron chi connectivity index (χ0n) is 12.3. The summed E-state index contributed by atoms with van der Waals surface area (Å²) < 4.78 is 0.905. The number of nitrogens with one attached hydrogen (secondary N) is 1. The molecule has 3 rings (SSSR count). The molecule has 0 spiro atoms. The zero-order valence-corrected chi connectivity index (χ0v) is 14.7. The number of benzene rings is 1. The summed E-state index contributed by atoms with van der Waals surface area (Å²) in [6, 6.07) is 10.9. The van der Waals surface area contributed by atoms with Gasteiger partial charge in [0.1, 0.15) is 0 Å². The van der Waals surface area contributed by atoms with E-state index in [1.165, 1.54) is 11.3 Å². The first-order valence-electron chi connectivity index (χ1n) is 6.96. The van der Waals surface area contributed by atoms with Crippen molar-refractivity contribution in [3.05, 3.63) is 62.4 Å². The topological polar surface area (TPSA) is 59.1 Å². The van der Waals surface area contributed by atoms with Crippen molar-refractivity contribution < 1.29 is 9.59 Å². The molecule has 4 nitrogen and oxygen atoms in total. The Morgan fingerprint density at radius 2 is 2.09 bits per heavy atom. The Morgan fingerprint density at radius 3 is 2.83 bits per heavy atom. The molecule has 1 aromatic carbocycles. The summed E-state index contributed by atoms with van der Waals surface area (Å²) in [4.78, 5) is 29.5. The normalized spacial score (nSPS) is 10.7. The van der Waals surface area contributed by atoms with Crippen molar-refractivity contribution >= 4 is 49.9 Å². The van der Waals surface area contributed by atoms with Crippen LogP contribution in [-0.2, 0) is 0 Å². The number of aromatic nitrogens is 1. The quantitative estimate of drug-likeness (QED) is 0.687. The van der Waals surface area contributed by atoms with Crippen molar-refractivity contribution in [2.45, 2.75) is 6.92 Å². The van der Waals surface area contributed by atoms with Gasteiger partial charge in [-0.1, -0.05) is 28.1 Å². The fourth-order valence-corrected chi connectivity index (χ4v) is 3.32. The molecule has 0 fully saturated rings. The number of hydrogen-bond donors (Lipinski definition) is 1. The number of ketones is 1. The van der Waals surface area contributed by atoms with Crippen LogP contribution < -0.4 is 5.32 Å². The lowest BCUT2D eigenvalue weighted by atomic mass is 10.1. The molecule has 2 aromatic heterocycles. The highest BCUT2D eigenvalue weighted by atomic mass is 79.9. The Bertz CT molecular complexity index is 886. The predicted octanol–water partition coefficient (Wildman–Crippen LogP) is 3.98. The molecule has 0 atom stereocenters. The molecule has 0 saturated carbocycles. The lowest BCUT2D eigenvalue weighted by Gasteiger charge is -2.09. The Labute approximate surface area is 145 Å². The van der Waals surface area contributed by atoms with Gasteiger partial charge in [-0.2, -0.15) is 0 Å². The van der Waals surface area contributed by atoms with Crippen molar-refractivity contribution in [2.75, 3.05) is 6.54 Å². The molecule has 116 valence electrons. The van der Waals surface area contributed by atoms with E-state index in [0.717, 1.165) is 21.1 Å². The highest BCUT2D eigenvalue weighted by molar-refractivity contribution is 9.10. The number of halogens is 1. The van der Waals surface area contributed by atoms with Crippen molar-refractivity contribution in [1.82, 2.24) is 10.3 Å². The molecule has 1 N–H and O–H groups in total. The van der Waals surface area contributed by atoms with Crippen LogP contribution in [0.5, 0.6) is 0 Å². The van der Waals surface area contributed by atoms with Crippen LogP contribution in [0.4, 0.5) is 0 Å². The number of nitrogens with zero attached hydrogens (tertiary/aromatic N) is 1. The smallest absolute Gasteiger partial charge is 0.252 e. The predicted molar refractivity (Wildman–Crippen MR) is 95.2 cm³/mol. The summed E-state index contributed by atoms with van der Waals surface area (Å²) in [5, 5.41) is 5.30. The molecule has 0 aliphatic carbocycles. The Morgan fingerprint density at radius 1 is 1.26 bits per heavy atom. The van der Waals surface area contributed by atoms with E-state index in [-0.39, 0.29) is 18.2 Å². The van der Waals surface area contributed by atoms with E-state index >= 15 is 0 Å². The summed E-state index contributed by atoms with van der Waals surface area (Å²) in [6.07, 6.45) is 0. The maximum Gasteiger partial charge on any atom is 0.252 e. The van der Waals surface area contributed by atoms with E-state index < -0.39 is 0 Å². The summed E-state index contributed by atoms with van der Waals surface area (Å²) in [7, 11) is 0. The minimum absolute atomic E-state index is 0.0151. The van der Waals surface area contributed by atoms with E-state index in [1.807, 2.05) is 36.6 Å². The molecule has 1 amide bonds. The molecule has 0 saturated heterocycles. The van der Waals surface area contributed by atoms with E-state index in [0.29, 0.717) is 10.4 Å². The number of rotatable bonds is 4. The van der Waals surface area contributed by atoms with Gasteiger partial charge in [-0.25, -0.2) is 0 Å². The maximum absolute atomic E-state index is 12.5. The number of Topliss-reactive ketones (excluding diaryl/α,β-unsaturated/α-hetero) is 1. The summed E-state index contributed by atoms with van der Waals surface area (Å²) in [5.74, 6) is -0.362. The van der Waals surface area contributed by atoms with Gasteiger partial charge < -0.3 is 5.32 Å². The van der Waals surface area contributed by atoms with Crippen LogP contribution in [0.2, 0.25) is 0 Å². The molecule has 6 heteroatoms. The number of carbonyl (C=O) groups excluding carboxylic acids is 2. The van der Waals surface area contributed by atoms with Crippen LogP contribution in [0, 0.1) is 6.92 Å². The molecule has 0 aliphatic heterocycles. The lowest BCUT2D eigenvalue weighted by Crippen LogP contribution is -2.29. The molecule has 0 bridgehead atoms. The number of amides is 1. The summed E-state index contributed by atoms with van der Waals surface area (Å²) in [6.45, 7) is 1.83. The maximum atomic E-state index is 12.5. The van der Waals surface area contributed by atoms with Crippen LogP contribution in [0.3, 0.4) is 0 Å². The van der Waals surface area contributed by atoms with Crippen molar-refractivity contribution in [1.29, 1.82) is 0 Å². The average molecular weight is 389 g/mol. The molecule has 2 heterocycles. The van der Waals surface area contributed by atoms with E-state index in [2.05, 4.69) is 26.2 Å². The lowest BCUT2D eigenvalue weighted by molar-refractivity contribution is 0.0906. The summed E-state index contributed by atoms with van der Waals surface area (Å²) >= 11 is 4.78. The van der Waals surface area contributed by atoms with E-state index in [1.54, 1.807) is 12.1 Å². The standard InChI is InChI=1S/C17H13BrN2O2S/c1-10-7-13(12-5-4-11(18)8-14(12)20-10)17(22)19-9-15(21)16-3-2-6-23-16/h2-8H,9H2,1H3,(H,19,22). The SMILES string of the molecule is Cc1cc(C(=O)NCC(=O)c2cccs2)c2ccc(Br)cc2n1. The van der Waals surface area contributed by atoms with Crippen molar-refractivity contribution in [2.24, 2.45) is 0 Å². The van der Waals surface area contributed by atoms with Crippen LogP contribution in [0.15, 0.2) is 46.3 Å². The first-order chi connectivity index (χ1) is 11.0. The third-order valence-electron chi connectivity index (χ3n) is 3.35. The number of aryl methyl sites for hydroxylation is 1. The van der Waals surface area contributed by atoms with Crippen molar-refractivity contribution in [3.8, 4) is 0 Å². The molecule has 0 radical (unpaired) electrons. The number of thiophene rings is 1. The van der Waals surface area contributed by atoms with Gasteiger partial charge in [-0.3, -0.25) is 14.6 Å². The highest BCUT2D eigenvalue weighted by Crippen LogP contribution is 2.22. The molecular weight excluding hydrogens is 376 g/mol. The van der Waals surface area contributed by atoms with Gasteiger partial charge in [0.25, 0.3) is 5.91 Å². The Balaban J connectivity index is 1.85. The number of pyridine rings is 1. The third-order valence-corrected chi connectivity index (χ3v) is 4.75. The van der Waals surface area contributed by atoms with Gasteiger partial charge in [-0.05, 0) is 36.6 Å². The minimum Gasteiger partial charge on any atom is -0.345 e. The first kappa shape index (κ1) is 15.8. The second-order valence-corrected chi connectivity index (χ2v) is 6.92. The van der Waals surface area contributed by atoms with Crippen molar-refractivity contribution in [3.63, 3.8) is 0 Å².